The summed E-state index contributed by atoms with van der Waals surface area (Å²) in [5.41, 5.74) is 1.33. The number of hydrogen-bond donors (Lipinski definition) is 5. The van der Waals surface area contributed by atoms with Crippen molar-refractivity contribution in [1.82, 2.24) is 0 Å². The molecule has 0 aromatic heterocycles. The Morgan fingerprint density at radius 1 is 1.07 bits per heavy atom. The fourth-order valence-corrected chi connectivity index (χ4v) is 3.83. The van der Waals surface area contributed by atoms with Gasteiger partial charge in [-0.2, -0.15) is 0 Å². The van der Waals surface area contributed by atoms with Crippen LogP contribution in [0.4, 0.5) is 0 Å². The van der Waals surface area contributed by atoms with Gasteiger partial charge in [-0.1, -0.05) is 6.08 Å². The first kappa shape index (κ1) is 20.8. The van der Waals surface area contributed by atoms with Crippen LogP contribution >= 0.6 is 0 Å². The number of Topliss-reactive ketones (excluding diaryl/α,β-unsaturated/α-hetero) is 1. The predicted molar refractivity (Wildman–Crippen MR) is 102 cm³/mol. The lowest BCUT2D eigenvalue weighted by Gasteiger charge is -2.40. The van der Waals surface area contributed by atoms with Crippen LogP contribution in [0.1, 0.15) is 29.6 Å². The molecule has 0 radical (unpaired) electrons. The Kier molecular flexibility index (Phi) is 5.81. The minimum atomic E-state index is -1.51. The summed E-state index contributed by atoms with van der Waals surface area (Å²) in [6.07, 6.45) is -2.52. The summed E-state index contributed by atoms with van der Waals surface area (Å²) in [5, 5.41) is 48.7. The molecule has 4 rings (SSSR count). The van der Waals surface area contributed by atoms with Gasteiger partial charge < -0.3 is 39.7 Å². The van der Waals surface area contributed by atoms with Crippen molar-refractivity contribution in [2.45, 2.75) is 56.1 Å². The first-order valence-electron chi connectivity index (χ1n) is 9.77. The monoisotopic (exact) mass is 420 g/mol. The third kappa shape index (κ3) is 3.94. The highest BCUT2D eigenvalue weighted by Crippen LogP contribution is 2.35. The van der Waals surface area contributed by atoms with E-state index >= 15 is 0 Å². The molecule has 1 fully saturated rings. The topological polar surface area (TPSA) is 146 Å². The SMILES string of the molecule is O=C1CC(C2=CC=C(OC3OC(CO)C(O)C(O)C3O)CC2)Oc2cc(O)ccc21. The molecule has 3 aliphatic rings. The molecule has 2 heterocycles. The minimum Gasteiger partial charge on any atom is -0.508 e. The molecule has 1 aromatic carbocycles. The van der Waals surface area contributed by atoms with Crippen molar-refractivity contribution in [3.05, 3.63) is 47.2 Å². The molecule has 0 bridgehead atoms. The van der Waals surface area contributed by atoms with E-state index in [2.05, 4.69) is 0 Å². The third-order valence-electron chi connectivity index (χ3n) is 5.58. The average molecular weight is 420 g/mol. The van der Waals surface area contributed by atoms with Crippen LogP contribution in [-0.2, 0) is 9.47 Å². The van der Waals surface area contributed by atoms with Gasteiger partial charge in [-0.15, -0.1) is 0 Å². The number of aliphatic hydroxyl groups excluding tert-OH is 4. The zero-order valence-electron chi connectivity index (χ0n) is 16.0. The van der Waals surface area contributed by atoms with Crippen LogP contribution in [-0.4, -0.2) is 74.7 Å². The molecule has 1 aliphatic carbocycles. The number of aromatic hydroxyl groups is 1. The fraction of sp³-hybridized carbons (Fsp3) is 0.476. The van der Waals surface area contributed by atoms with Gasteiger partial charge in [-0.3, -0.25) is 4.79 Å². The van der Waals surface area contributed by atoms with Crippen LogP contribution in [0.25, 0.3) is 0 Å². The van der Waals surface area contributed by atoms with E-state index < -0.39 is 43.4 Å². The summed E-state index contributed by atoms with van der Waals surface area (Å²) in [4.78, 5) is 12.4. The van der Waals surface area contributed by atoms with Crippen LogP contribution in [0, 0.1) is 0 Å². The molecular formula is C21H24O9. The maximum Gasteiger partial charge on any atom is 0.228 e. The van der Waals surface area contributed by atoms with Gasteiger partial charge in [0.15, 0.2) is 5.78 Å². The van der Waals surface area contributed by atoms with E-state index in [1.165, 1.54) is 12.1 Å². The number of aliphatic hydroxyl groups is 4. The second kappa shape index (κ2) is 8.37. The average Bonchev–Trinajstić information content (AvgIpc) is 2.74. The number of ketones is 1. The number of fused-ring (bicyclic) bond motifs is 1. The highest BCUT2D eigenvalue weighted by atomic mass is 16.7. The van der Waals surface area contributed by atoms with Gasteiger partial charge >= 0.3 is 0 Å². The van der Waals surface area contributed by atoms with Gasteiger partial charge in [0.05, 0.1) is 24.4 Å². The van der Waals surface area contributed by atoms with E-state index in [1.807, 2.05) is 0 Å². The van der Waals surface area contributed by atoms with E-state index in [0.29, 0.717) is 29.9 Å². The van der Waals surface area contributed by atoms with Gasteiger partial charge in [0.2, 0.25) is 6.29 Å². The Bertz CT molecular complexity index is 875. The van der Waals surface area contributed by atoms with E-state index in [9.17, 15) is 30.3 Å². The zero-order valence-corrected chi connectivity index (χ0v) is 16.0. The standard InChI is InChI=1S/C21H24O9/c22-9-17-18(25)19(26)20(27)21(30-17)28-12-4-1-10(2-5-12)15-8-14(24)13-6-3-11(23)7-16(13)29-15/h1,3-4,6-7,15,17-23,25-27H,2,5,8-9H2. The van der Waals surface area contributed by atoms with Crippen molar-refractivity contribution in [2.75, 3.05) is 6.61 Å². The molecule has 5 N–H and O–H groups in total. The number of hydrogen-bond acceptors (Lipinski definition) is 9. The van der Waals surface area contributed by atoms with Gasteiger partial charge in [-0.05, 0) is 30.2 Å². The number of carbonyl (C=O) groups is 1. The normalized spacial score (nSPS) is 33.8. The van der Waals surface area contributed by atoms with Crippen LogP contribution in [0.2, 0.25) is 0 Å². The van der Waals surface area contributed by atoms with Crippen molar-refractivity contribution >= 4 is 5.78 Å². The Morgan fingerprint density at radius 3 is 2.57 bits per heavy atom. The molecule has 9 nitrogen and oxygen atoms in total. The van der Waals surface area contributed by atoms with Crippen LogP contribution in [0.3, 0.4) is 0 Å². The van der Waals surface area contributed by atoms with Crippen LogP contribution in [0.15, 0.2) is 41.7 Å². The second-order valence-electron chi connectivity index (χ2n) is 7.60. The fourth-order valence-electron chi connectivity index (χ4n) is 3.83. The molecule has 9 heteroatoms. The van der Waals surface area contributed by atoms with Crippen molar-refractivity contribution in [2.24, 2.45) is 0 Å². The number of rotatable bonds is 4. The highest BCUT2D eigenvalue weighted by molar-refractivity contribution is 6.00. The predicted octanol–water partition coefficient (Wildman–Crippen LogP) is 0.147. The van der Waals surface area contributed by atoms with Gasteiger partial charge in [0.25, 0.3) is 0 Å². The molecule has 6 unspecified atom stereocenters. The van der Waals surface area contributed by atoms with Gasteiger partial charge in [-0.25, -0.2) is 0 Å². The number of benzene rings is 1. The lowest BCUT2D eigenvalue weighted by Crippen LogP contribution is -2.59. The molecule has 2 aliphatic heterocycles. The lowest BCUT2D eigenvalue weighted by molar-refractivity contribution is -0.291. The van der Waals surface area contributed by atoms with Crippen molar-refractivity contribution in [1.29, 1.82) is 0 Å². The summed E-state index contributed by atoms with van der Waals surface area (Å²) in [6.45, 7) is -0.530. The number of allylic oxidation sites excluding steroid dienone is 3. The first-order chi connectivity index (χ1) is 14.4. The Balaban J connectivity index is 1.44. The largest absolute Gasteiger partial charge is 0.508 e. The first-order valence-corrected chi connectivity index (χ1v) is 9.77. The molecule has 1 saturated heterocycles. The minimum absolute atomic E-state index is 0.0231. The molecule has 162 valence electrons. The van der Waals surface area contributed by atoms with Crippen molar-refractivity contribution in [3.8, 4) is 11.5 Å². The number of carbonyl (C=O) groups excluding carboxylic acids is 1. The smallest absolute Gasteiger partial charge is 0.228 e. The summed E-state index contributed by atoms with van der Waals surface area (Å²) in [5.74, 6) is 0.803. The molecule has 1 aromatic rings. The zero-order chi connectivity index (χ0) is 21.4. The highest BCUT2D eigenvalue weighted by Gasteiger charge is 2.45. The number of phenolic OH excluding ortho intramolecular Hbond substituents is 1. The van der Waals surface area contributed by atoms with Crippen LogP contribution in [0.5, 0.6) is 11.5 Å². The van der Waals surface area contributed by atoms with E-state index in [-0.39, 0.29) is 18.0 Å². The molecule has 30 heavy (non-hydrogen) atoms. The summed E-state index contributed by atoms with van der Waals surface area (Å²) in [6, 6.07) is 4.42. The lowest BCUT2D eigenvalue weighted by atomic mass is 9.91. The number of phenols is 1. The van der Waals surface area contributed by atoms with Crippen molar-refractivity contribution < 1.29 is 44.5 Å². The molecule has 6 atom stereocenters. The summed E-state index contributed by atoms with van der Waals surface area (Å²) >= 11 is 0. The van der Waals surface area contributed by atoms with Gasteiger partial charge in [0.1, 0.15) is 42.0 Å². The molecule has 0 saturated carbocycles. The maximum absolute atomic E-state index is 12.4. The van der Waals surface area contributed by atoms with Gasteiger partial charge in [0, 0.05) is 12.5 Å². The number of ether oxygens (including phenoxy) is 3. The quantitative estimate of drug-likeness (QED) is 0.459. The Hall–Kier alpha value is -2.43. The summed E-state index contributed by atoms with van der Waals surface area (Å²) < 4.78 is 16.9. The molecule has 0 spiro atoms. The van der Waals surface area contributed by atoms with E-state index in [0.717, 1.165) is 5.57 Å². The van der Waals surface area contributed by atoms with Crippen molar-refractivity contribution in [3.63, 3.8) is 0 Å². The Labute approximate surface area is 172 Å². The van der Waals surface area contributed by atoms with E-state index in [4.69, 9.17) is 14.2 Å². The van der Waals surface area contributed by atoms with Crippen LogP contribution < -0.4 is 4.74 Å². The maximum atomic E-state index is 12.4. The molecule has 0 amide bonds. The van der Waals surface area contributed by atoms with E-state index in [1.54, 1.807) is 18.2 Å². The molecular weight excluding hydrogens is 396 g/mol. The Morgan fingerprint density at radius 2 is 1.87 bits per heavy atom. The summed E-state index contributed by atoms with van der Waals surface area (Å²) in [7, 11) is 0. The third-order valence-corrected chi connectivity index (χ3v) is 5.58. The second-order valence-corrected chi connectivity index (χ2v) is 7.60.